The van der Waals surface area contributed by atoms with Gasteiger partial charge in [-0.1, -0.05) is 50.5 Å². The highest BCUT2D eigenvalue weighted by atomic mass is 32.2. The predicted octanol–water partition coefficient (Wildman–Crippen LogP) is 3.59. The maximum atomic E-state index is 12.0. The highest BCUT2D eigenvalue weighted by molar-refractivity contribution is 7.99. The quantitative estimate of drug-likeness (QED) is 0.181. The first kappa shape index (κ1) is 29.2. The van der Waals surface area contributed by atoms with Crippen LogP contribution in [-0.2, 0) is 11.2 Å². The first-order valence-corrected chi connectivity index (χ1v) is 14.3. The Hall–Kier alpha value is -2.40. The number of aryl methyl sites for hydroxylation is 1. The number of unbranched alkanes of at least 4 members (excludes halogenated alkanes) is 3. The van der Waals surface area contributed by atoms with Gasteiger partial charge in [-0.3, -0.25) is 9.69 Å². The number of rotatable bonds is 14. The summed E-state index contributed by atoms with van der Waals surface area (Å²) in [5.41, 5.74) is 9.54. The summed E-state index contributed by atoms with van der Waals surface area (Å²) in [6.07, 6.45) is 5.87. The summed E-state index contributed by atoms with van der Waals surface area (Å²) in [5.74, 6) is -1.07. The third-order valence-electron chi connectivity index (χ3n) is 6.84. The van der Waals surface area contributed by atoms with Crippen LogP contribution in [0.2, 0.25) is 0 Å². The Bertz CT molecular complexity index is 1020. The van der Waals surface area contributed by atoms with Gasteiger partial charge in [0.25, 0.3) is 0 Å². The molecule has 3 rings (SSSR count). The molecule has 0 amide bonds. The first-order valence-electron chi connectivity index (χ1n) is 13.2. The third-order valence-corrected chi connectivity index (χ3v) is 7.91. The normalized spacial score (nSPS) is 16.4. The molecule has 1 atom stereocenters. The second kappa shape index (κ2) is 13.9. The molecule has 0 bridgehead atoms. The van der Waals surface area contributed by atoms with E-state index in [1.807, 2.05) is 31.2 Å². The zero-order valence-electron chi connectivity index (χ0n) is 21.9. The lowest BCUT2D eigenvalue weighted by Crippen LogP contribution is -2.54. The van der Waals surface area contributed by atoms with Crippen molar-refractivity contribution in [2.75, 3.05) is 42.2 Å². The fourth-order valence-corrected chi connectivity index (χ4v) is 5.61. The molecular formula is C27H41N5O4S. The van der Waals surface area contributed by atoms with E-state index >= 15 is 0 Å². The number of carboxylic acids is 1. The molecule has 204 valence electrons. The van der Waals surface area contributed by atoms with Crippen LogP contribution in [0.3, 0.4) is 0 Å². The van der Waals surface area contributed by atoms with Crippen LogP contribution in [0.4, 0.5) is 11.8 Å². The van der Waals surface area contributed by atoms with Crippen LogP contribution in [-0.4, -0.2) is 73.2 Å². The summed E-state index contributed by atoms with van der Waals surface area (Å²) in [7, 11) is 0. The first-order chi connectivity index (χ1) is 17.7. The number of nitrogen functional groups attached to an aromatic ring is 1. The van der Waals surface area contributed by atoms with E-state index in [2.05, 4.69) is 22.2 Å². The van der Waals surface area contributed by atoms with E-state index in [1.165, 1.54) is 11.8 Å². The van der Waals surface area contributed by atoms with Crippen molar-refractivity contribution in [3.63, 3.8) is 0 Å². The number of aliphatic carboxylic acids is 1. The summed E-state index contributed by atoms with van der Waals surface area (Å²) in [6, 6.07) is 7.73. The Labute approximate surface area is 223 Å². The van der Waals surface area contributed by atoms with Gasteiger partial charge in [-0.2, -0.15) is 16.7 Å². The lowest BCUT2D eigenvalue weighted by molar-refractivity contribution is -0.247. The molecule has 0 saturated carbocycles. The molecule has 0 aliphatic carbocycles. The van der Waals surface area contributed by atoms with E-state index in [0.29, 0.717) is 38.8 Å². The summed E-state index contributed by atoms with van der Waals surface area (Å²) < 4.78 is 0. The van der Waals surface area contributed by atoms with E-state index in [0.717, 1.165) is 59.8 Å². The maximum Gasteiger partial charge on any atom is 0.310 e. The monoisotopic (exact) mass is 531 g/mol. The summed E-state index contributed by atoms with van der Waals surface area (Å²) >= 11 is 1.52. The average molecular weight is 532 g/mol. The molecule has 2 aromatic rings. The topological polar surface area (TPSA) is 145 Å². The van der Waals surface area contributed by atoms with Crippen molar-refractivity contribution in [3.05, 3.63) is 46.6 Å². The number of thioether (sulfide) groups is 1. The Morgan fingerprint density at radius 1 is 1.19 bits per heavy atom. The van der Waals surface area contributed by atoms with E-state index in [-0.39, 0.29) is 11.7 Å². The lowest BCUT2D eigenvalue weighted by atomic mass is 9.92. The molecular weight excluding hydrogens is 490 g/mol. The molecule has 9 nitrogen and oxygen atoms in total. The molecule has 1 aliphatic heterocycles. The van der Waals surface area contributed by atoms with Crippen molar-refractivity contribution in [1.29, 1.82) is 0 Å². The summed E-state index contributed by atoms with van der Waals surface area (Å²) in [6.45, 7) is 6.08. The standard InChI is InChI=1S/C27H41N5O4S/c1-3-4-6-13-29-24-23(19(2)30-26(28)31-24)17-20-9-11-21(12-10-20)22(25(33)34)8-5-7-14-32-15-16-37-18-27(32,35)36/h9-12,22,35-36H,3-8,13-18H2,1-2H3,(H,33,34)(H3,28,29,30,31). The average Bonchev–Trinajstić information content (AvgIpc) is 2.85. The minimum absolute atomic E-state index is 0.252. The Morgan fingerprint density at radius 2 is 1.95 bits per heavy atom. The smallest absolute Gasteiger partial charge is 0.310 e. The molecule has 1 fully saturated rings. The number of nitrogens with one attached hydrogen (secondary N) is 1. The molecule has 1 saturated heterocycles. The van der Waals surface area contributed by atoms with Crippen LogP contribution in [0, 0.1) is 6.92 Å². The molecule has 0 radical (unpaired) electrons. The highest BCUT2D eigenvalue weighted by Gasteiger charge is 2.34. The van der Waals surface area contributed by atoms with Crippen LogP contribution in [0.5, 0.6) is 0 Å². The fourth-order valence-electron chi connectivity index (χ4n) is 4.66. The number of aliphatic hydroxyl groups is 2. The number of aromatic nitrogens is 2. The molecule has 37 heavy (non-hydrogen) atoms. The molecule has 1 unspecified atom stereocenters. The second-order valence-electron chi connectivity index (χ2n) is 9.75. The number of anilines is 2. The van der Waals surface area contributed by atoms with Crippen LogP contribution >= 0.6 is 11.8 Å². The van der Waals surface area contributed by atoms with Crippen LogP contribution < -0.4 is 11.1 Å². The van der Waals surface area contributed by atoms with E-state index in [4.69, 9.17) is 5.73 Å². The number of carboxylic acid groups (broad SMARTS) is 1. The van der Waals surface area contributed by atoms with Gasteiger partial charge in [0.05, 0.1) is 11.7 Å². The third kappa shape index (κ3) is 8.56. The van der Waals surface area contributed by atoms with Crippen molar-refractivity contribution in [1.82, 2.24) is 14.9 Å². The van der Waals surface area contributed by atoms with Gasteiger partial charge in [0.15, 0.2) is 0 Å². The number of nitrogens with zero attached hydrogens (tertiary/aromatic N) is 3. The summed E-state index contributed by atoms with van der Waals surface area (Å²) in [5, 5.41) is 33.5. The van der Waals surface area contributed by atoms with Gasteiger partial charge in [0.2, 0.25) is 11.9 Å². The van der Waals surface area contributed by atoms with Gasteiger partial charge >= 0.3 is 5.97 Å². The molecule has 6 N–H and O–H groups in total. The number of hydrogen-bond donors (Lipinski definition) is 5. The van der Waals surface area contributed by atoms with Gasteiger partial charge in [0, 0.05) is 43.1 Å². The van der Waals surface area contributed by atoms with Gasteiger partial charge in [0.1, 0.15) is 5.82 Å². The minimum atomic E-state index is -1.77. The van der Waals surface area contributed by atoms with E-state index < -0.39 is 17.8 Å². The number of benzene rings is 1. The molecule has 1 aromatic carbocycles. The Morgan fingerprint density at radius 3 is 2.62 bits per heavy atom. The zero-order valence-corrected chi connectivity index (χ0v) is 22.8. The SMILES string of the molecule is CCCCCNc1nc(N)nc(C)c1Cc1ccc(C(CCCCN2CCSCC2(O)O)C(=O)O)cc1. The van der Waals surface area contributed by atoms with Gasteiger partial charge in [-0.25, -0.2) is 4.98 Å². The van der Waals surface area contributed by atoms with Crippen molar-refractivity contribution < 1.29 is 20.1 Å². The highest BCUT2D eigenvalue weighted by Crippen LogP contribution is 2.27. The van der Waals surface area contributed by atoms with Crippen molar-refractivity contribution in [2.24, 2.45) is 0 Å². The molecule has 1 aliphatic rings. The molecule has 2 heterocycles. The van der Waals surface area contributed by atoms with Gasteiger partial charge in [-0.15, -0.1) is 0 Å². The van der Waals surface area contributed by atoms with Crippen molar-refractivity contribution >= 4 is 29.5 Å². The van der Waals surface area contributed by atoms with Gasteiger partial charge in [-0.05, 0) is 37.3 Å². The molecule has 1 aromatic heterocycles. The Balaban J connectivity index is 1.60. The summed E-state index contributed by atoms with van der Waals surface area (Å²) in [4.78, 5) is 22.4. The largest absolute Gasteiger partial charge is 0.481 e. The van der Waals surface area contributed by atoms with Crippen molar-refractivity contribution in [2.45, 2.75) is 70.6 Å². The lowest BCUT2D eigenvalue weighted by Gasteiger charge is -2.38. The molecule has 0 spiro atoms. The van der Waals surface area contributed by atoms with E-state index in [9.17, 15) is 20.1 Å². The maximum absolute atomic E-state index is 12.0. The van der Waals surface area contributed by atoms with Gasteiger partial charge < -0.3 is 26.4 Å². The number of hydrogen-bond acceptors (Lipinski definition) is 9. The predicted molar refractivity (Wildman–Crippen MR) is 149 cm³/mol. The number of nitrogens with two attached hydrogens (primary N) is 1. The second-order valence-corrected chi connectivity index (χ2v) is 10.9. The van der Waals surface area contributed by atoms with Crippen LogP contribution in [0.15, 0.2) is 24.3 Å². The number of carbonyl (C=O) groups is 1. The van der Waals surface area contributed by atoms with Crippen LogP contribution in [0.1, 0.15) is 73.8 Å². The molecule has 10 heteroatoms. The van der Waals surface area contributed by atoms with E-state index in [1.54, 1.807) is 4.90 Å². The zero-order chi connectivity index (χ0) is 26.8. The van der Waals surface area contributed by atoms with Crippen molar-refractivity contribution in [3.8, 4) is 0 Å². The Kier molecular flexibility index (Phi) is 11.0. The van der Waals surface area contributed by atoms with Crippen LogP contribution in [0.25, 0.3) is 0 Å². The fraction of sp³-hybridized carbons (Fsp3) is 0.593. The minimum Gasteiger partial charge on any atom is -0.481 e.